The van der Waals surface area contributed by atoms with E-state index < -0.39 is 0 Å². The molecule has 7 nitrogen and oxygen atoms in total. The van der Waals surface area contributed by atoms with Crippen LogP contribution in [0, 0.1) is 16.9 Å². The molecule has 2 aromatic rings. The Morgan fingerprint density at radius 3 is 2.68 bits per heavy atom. The van der Waals surface area contributed by atoms with Gasteiger partial charge in [-0.1, -0.05) is 25.4 Å². The van der Waals surface area contributed by atoms with Crippen molar-refractivity contribution in [2.45, 2.75) is 13.8 Å². The standard InChI is InChI=1S/C19H20BrClN6O/c1-19(2,10-24-17(28)13-5-7-14(21)8-6-13)11-25-18(26-12-22)27-15-4-3-9-23-16(15)20/h3-9H,10-11H2,1-2H3,(H,24,28)(H2,25,26,27). The Labute approximate surface area is 177 Å². The number of hydrogen-bond donors (Lipinski definition) is 3. The number of rotatable bonds is 6. The lowest BCUT2D eigenvalue weighted by molar-refractivity contribution is 0.0938. The first-order valence-electron chi connectivity index (χ1n) is 8.41. The third-order valence-electron chi connectivity index (χ3n) is 3.69. The van der Waals surface area contributed by atoms with E-state index in [1.807, 2.05) is 26.1 Å². The number of nitrogens with one attached hydrogen (secondary N) is 3. The molecule has 1 amide bonds. The van der Waals surface area contributed by atoms with Gasteiger partial charge in [0.15, 0.2) is 6.19 Å². The fourth-order valence-corrected chi connectivity index (χ4v) is 2.62. The SMILES string of the molecule is CC(C)(CN=C(NC#N)Nc1cccnc1Br)CNC(=O)c1ccc(Cl)cc1. The minimum atomic E-state index is -0.335. The molecule has 0 aliphatic heterocycles. The number of amides is 1. The summed E-state index contributed by atoms with van der Waals surface area (Å²) < 4.78 is 0.608. The molecule has 1 aromatic heterocycles. The van der Waals surface area contributed by atoms with Crippen LogP contribution in [0.15, 0.2) is 52.2 Å². The van der Waals surface area contributed by atoms with Crippen LogP contribution in [0.25, 0.3) is 0 Å². The van der Waals surface area contributed by atoms with Crippen molar-refractivity contribution >= 4 is 45.1 Å². The zero-order chi connectivity index (χ0) is 20.6. The molecule has 1 heterocycles. The number of nitriles is 1. The van der Waals surface area contributed by atoms with Crippen LogP contribution < -0.4 is 16.0 Å². The molecular weight excluding hydrogens is 444 g/mol. The Hall–Kier alpha value is -2.63. The first-order valence-corrected chi connectivity index (χ1v) is 9.59. The highest BCUT2D eigenvalue weighted by Crippen LogP contribution is 2.19. The normalized spacial score (nSPS) is 11.5. The van der Waals surface area contributed by atoms with Crippen molar-refractivity contribution in [2.24, 2.45) is 10.4 Å². The highest BCUT2D eigenvalue weighted by molar-refractivity contribution is 9.10. The molecule has 3 N–H and O–H groups in total. The Kier molecular flexibility index (Phi) is 7.79. The molecule has 0 spiro atoms. The van der Waals surface area contributed by atoms with Gasteiger partial charge in [-0.25, -0.2) is 4.98 Å². The number of carbonyl (C=O) groups is 1. The second-order valence-electron chi connectivity index (χ2n) is 6.72. The maximum Gasteiger partial charge on any atom is 0.251 e. The Morgan fingerprint density at radius 2 is 2.04 bits per heavy atom. The number of hydrogen-bond acceptors (Lipinski definition) is 4. The van der Waals surface area contributed by atoms with Gasteiger partial charge in [-0.15, -0.1) is 0 Å². The average Bonchev–Trinajstić information content (AvgIpc) is 2.67. The second-order valence-corrected chi connectivity index (χ2v) is 7.91. The van der Waals surface area contributed by atoms with E-state index in [1.165, 1.54) is 0 Å². The van der Waals surface area contributed by atoms with Gasteiger partial charge >= 0.3 is 0 Å². The summed E-state index contributed by atoms with van der Waals surface area (Å²) in [5.41, 5.74) is 0.884. The zero-order valence-electron chi connectivity index (χ0n) is 15.5. The lowest BCUT2D eigenvalue weighted by atomic mass is 9.93. The van der Waals surface area contributed by atoms with Gasteiger partial charge in [-0.05, 0) is 52.3 Å². The molecule has 0 aliphatic rings. The maximum absolute atomic E-state index is 12.3. The van der Waals surface area contributed by atoms with Gasteiger partial charge in [0.25, 0.3) is 5.91 Å². The van der Waals surface area contributed by atoms with Crippen molar-refractivity contribution in [1.82, 2.24) is 15.6 Å². The highest BCUT2D eigenvalue weighted by Gasteiger charge is 2.19. The summed E-state index contributed by atoms with van der Waals surface area (Å²) >= 11 is 9.18. The summed E-state index contributed by atoms with van der Waals surface area (Å²) in [5.74, 6) is 0.120. The Bertz CT molecular complexity index is 892. The van der Waals surface area contributed by atoms with Crippen LogP contribution >= 0.6 is 27.5 Å². The topological polar surface area (TPSA) is 102 Å². The van der Waals surface area contributed by atoms with E-state index in [4.69, 9.17) is 16.9 Å². The van der Waals surface area contributed by atoms with Crippen LogP contribution in [0.1, 0.15) is 24.2 Å². The van der Waals surface area contributed by atoms with Crippen LogP contribution in [0.2, 0.25) is 5.02 Å². The molecule has 0 bridgehead atoms. The third-order valence-corrected chi connectivity index (χ3v) is 4.57. The van der Waals surface area contributed by atoms with Gasteiger partial charge in [0.2, 0.25) is 5.96 Å². The highest BCUT2D eigenvalue weighted by atomic mass is 79.9. The molecule has 0 aliphatic carbocycles. The lowest BCUT2D eigenvalue weighted by Crippen LogP contribution is -2.37. The number of aliphatic imine (C=N–C) groups is 1. The largest absolute Gasteiger partial charge is 0.351 e. The smallest absolute Gasteiger partial charge is 0.251 e. The second kappa shape index (κ2) is 10.1. The minimum absolute atomic E-state index is 0.179. The van der Waals surface area contributed by atoms with E-state index in [1.54, 1.807) is 36.5 Å². The van der Waals surface area contributed by atoms with Gasteiger partial charge in [0, 0.05) is 35.3 Å². The molecule has 0 unspecified atom stereocenters. The number of carbonyl (C=O) groups excluding carboxylic acids is 1. The maximum atomic E-state index is 12.3. The van der Waals surface area contributed by atoms with Gasteiger partial charge in [-0.2, -0.15) is 5.26 Å². The number of nitrogens with zero attached hydrogens (tertiary/aromatic N) is 3. The molecule has 1 aromatic carbocycles. The number of benzene rings is 1. The Balaban J connectivity index is 1.98. The van der Waals surface area contributed by atoms with Crippen LogP contribution in [0.5, 0.6) is 0 Å². The molecule has 9 heteroatoms. The third kappa shape index (κ3) is 6.83. The summed E-state index contributed by atoms with van der Waals surface area (Å²) in [6.07, 6.45) is 3.51. The van der Waals surface area contributed by atoms with Crippen molar-refractivity contribution < 1.29 is 4.79 Å². The molecule has 0 saturated heterocycles. The predicted octanol–water partition coefficient (Wildman–Crippen LogP) is 3.79. The fraction of sp³-hybridized carbons (Fsp3) is 0.263. The van der Waals surface area contributed by atoms with Gasteiger partial charge in [0.1, 0.15) is 4.60 Å². The molecule has 0 fully saturated rings. The first-order chi connectivity index (χ1) is 13.3. The number of anilines is 1. The molecule has 0 saturated carbocycles. The van der Waals surface area contributed by atoms with E-state index in [-0.39, 0.29) is 11.3 Å². The monoisotopic (exact) mass is 462 g/mol. The Morgan fingerprint density at radius 1 is 1.32 bits per heavy atom. The van der Waals surface area contributed by atoms with Crippen molar-refractivity contribution in [3.05, 3.63) is 57.8 Å². The first kappa shape index (κ1) is 21.7. The summed E-state index contributed by atoms with van der Waals surface area (Å²) in [4.78, 5) is 20.8. The minimum Gasteiger partial charge on any atom is -0.351 e. The number of pyridine rings is 1. The van der Waals surface area contributed by atoms with Crippen molar-refractivity contribution in [1.29, 1.82) is 5.26 Å². The van der Waals surface area contributed by atoms with E-state index in [0.717, 1.165) is 0 Å². The van der Waals surface area contributed by atoms with Crippen LogP contribution in [0.4, 0.5) is 5.69 Å². The van der Waals surface area contributed by atoms with Gasteiger partial charge in [-0.3, -0.25) is 15.1 Å². The van der Waals surface area contributed by atoms with Crippen molar-refractivity contribution in [2.75, 3.05) is 18.4 Å². The average molecular weight is 464 g/mol. The van der Waals surface area contributed by atoms with E-state index in [9.17, 15) is 4.79 Å². The number of aromatic nitrogens is 1. The van der Waals surface area contributed by atoms with E-state index in [0.29, 0.717) is 39.9 Å². The predicted molar refractivity (Wildman–Crippen MR) is 114 cm³/mol. The van der Waals surface area contributed by atoms with E-state index >= 15 is 0 Å². The van der Waals surface area contributed by atoms with Crippen LogP contribution in [0.3, 0.4) is 0 Å². The molecular formula is C19H20BrClN6O. The summed E-state index contributed by atoms with van der Waals surface area (Å²) in [5, 5.41) is 18.0. The molecule has 28 heavy (non-hydrogen) atoms. The summed E-state index contributed by atoms with van der Waals surface area (Å²) in [6.45, 7) is 4.74. The number of halogens is 2. The van der Waals surface area contributed by atoms with Crippen molar-refractivity contribution in [3.63, 3.8) is 0 Å². The lowest BCUT2D eigenvalue weighted by Gasteiger charge is -2.23. The quantitative estimate of drug-likeness (QED) is 0.199. The van der Waals surface area contributed by atoms with Gasteiger partial charge < -0.3 is 10.6 Å². The van der Waals surface area contributed by atoms with E-state index in [2.05, 4.69) is 41.9 Å². The fourth-order valence-electron chi connectivity index (χ4n) is 2.14. The number of guanidine groups is 1. The molecule has 0 radical (unpaired) electrons. The van der Waals surface area contributed by atoms with Crippen LogP contribution in [-0.2, 0) is 0 Å². The molecule has 146 valence electrons. The molecule has 2 rings (SSSR count). The molecule has 0 atom stereocenters. The van der Waals surface area contributed by atoms with Crippen LogP contribution in [-0.4, -0.2) is 29.9 Å². The van der Waals surface area contributed by atoms with Gasteiger partial charge in [0.05, 0.1) is 5.69 Å². The summed E-state index contributed by atoms with van der Waals surface area (Å²) in [7, 11) is 0. The summed E-state index contributed by atoms with van der Waals surface area (Å²) in [6, 6.07) is 10.3. The zero-order valence-corrected chi connectivity index (χ0v) is 17.8. The van der Waals surface area contributed by atoms with Crippen molar-refractivity contribution in [3.8, 4) is 6.19 Å².